The standard InChI is InChI=1S/C18H12F3NO2/c1-24-14-6-7-15-12(10-14)8-9-22-16(15)17(23)11-2-4-13(5-3-11)18(19,20)21/h2-10H,1H3. The predicted octanol–water partition coefficient (Wildman–Crippen LogP) is 4.49. The van der Waals surface area contributed by atoms with Gasteiger partial charge in [0.2, 0.25) is 5.78 Å². The van der Waals surface area contributed by atoms with E-state index < -0.39 is 17.5 Å². The minimum atomic E-state index is -4.43. The SMILES string of the molecule is COc1ccc2c(C(=O)c3ccc(C(F)(F)F)cc3)nccc2c1. The predicted molar refractivity (Wildman–Crippen MR) is 83.2 cm³/mol. The van der Waals surface area contributed by atoms with Crippen LogP contribution in [-0.4, -0.2) is 17.9 Å². The number of rotatable bonds is 3. The van der Waals surface area contributed by atoms with E-state index in [9.17, 15) is 18.0 Å². The van der Waals surface area contributed by atoms with Crippen molar-refractivity contribution in [1.29, 1.82) is 0 Å². The van der Waals surface area contributed by atoms with E-state index in [0.29, 0.717) is 11.1 Å². The van der Waals surface area contributed by atoms with Gasteiger partial charge in [0.1, 0.15) is 11.4 Å². The maximum atomic E-state index is 12.6. The molecule has 3 aromatic rings. The number of aromatic nitrogens is 1. The van der Waals surface area contributed by atoms with Crippen LogP contribution in [0, 0.1) is 0 Å². The number of nitrogens with zero attached hydrogens (tertiary/aromatic N) is 1. The van der Waals surface area contributed by atoms with Gasteiger partial charge in [0.15, 0.2) is 0 Å². The van der Waals surface area contributed by atoms with Crippen molar-refractivity contribution in [3.63, 3.8) is 0 Å². The van der Waals surface area contributed by atoms with Gasteiger partial charge in [-0.2, -0.15) is 13.2 Å². The Balaban J connectivity index is 2.02. The van der Waals surface area contributed by atoms with E-state index in [2.05, 4.69) is 4.98 Å². The summed E-state index contributed by atoms with van der Waals surface area (Å²) in [7, 11) is 1.54. The molecule has 0 saturated heterocycles. The fourth-order valence-electron chi connectivity index (χ4n) is 2.41. The molecule has 1 heterocycles. The Morgan fingerprint density at radius 3 is 2.38 bits per heavy atom. The first-order chi connectivity index (χ1) is 11.4. The Labute approximate surface area is 135 Å². The van der Waals surface area contributed by atoms with Crippen molar-refractivity contribution in [3.8, 4) is 5.75 Å². The molecule has 6 heteroatoms. The summed E-state index contributed by atoms with van der Waals surface area (Å²) in [6.45, 7) is 0. The van der Waals surface area contributed by atoms with Gasteiger partial charge in [-0.25, -0.2) is 0 Å². The maximum absolute atomic E-state index is 12.6. The second kappa shape index (κ2) is 5.96. The molecule has 1 aromatic heterocycles. The van der Waals surface area contributed by atoms with Crippen LogP contribution in [0.4, 0.5) is 13.2 Å². The van der Waals surface area contributed by atoms with E-state index >= 15 is 0 Å². The molecule has 0 bridgehead atoms. The molecule has 0 amide bonds. The lowest BCUT2D eigenvalue weighted by Crippen LogP contribution is -2.08. The Morgan fingerprint density at radius 1 is 1.04 bits per heavy atom. The summed E-state index contributed by atoms with van der Waals surface area (Å²) in [6.07, 6.45) is -2.95. The maximum Gasteiger partial charge on any atom is 0.416 e. The van der Waals surface area contributed by atoms with E-state index in [0.717, 1.165) is 29.7 Å². The molecule has 0 atom stereocenters. The third-order valence-electron chi connectivity index (χ3n) is 3.66. The van der Waals surface area contributed by atoms with Crippen LogP contribution < -0.4 is 4.74 Å². The van der Waals surface area contributed by atoms with Gasteiger partial charge in [0, 0.05) is 17.1 Å². The molecule has 0 fully saturated rings. The fourth-order valence-corrected chi connectivity index (χ4v) is 2.41. The molecule has 0 N–H and O–H groups in total. The van der Waals surface area contributed by atoms with Gasteiger partial charge in [0.25, 0.3) is 0 Å². The Morgan fingerprint density at radius 2 is 1.75 bits per heavy atom. The first kappa shape index (κ1) is 16.0. The van der Waals surface area contributed by atoms with Crippen molar-refractivity contribution in [2.75, 3.05) is 7.11 Å². The largest absolute Gasteiger partial charge is 0.497 e. The van der Waals surface area contributed by atoms with Crippen LogP contribution in [0.2, 0.25) is 0 Å². The summed E-state index contributed by atoms with van der Waals surface area (Å²) >= 11 is 0. The van der Waals surface area contributed by atoms with Gasteiger partial charge >= 0.3 is 6.18 Å². The van der Waals surface area contributed by atoms with Crippen molar-refractivity contribution in [2.45, 2.75) is 6.18 Å². The minimum Gasteiger partial charge on any atom is -0.497 e. The van der Waals surface area contributed by atoms with Gasteiger partial charge in [-0.1, -0.05) is 12.1 Å². The highest BCUT2D eigenvalue weighted by Gasteiger charge is 2.30. The van der Waals surface area contributed by atoms with Crippen molar-refractivity contribution >= 4 is 16.6 Å². The summed E-state index contributed by atoms with van der Waals surface area (Å²) in [4.78, 5) is 16.7. The second-order valence-electron chi connectivity index (χ2n) is 5.15. The average molecular weight is 331 g/mol. The van der Waals surface area contributed by atoms with Crippen LogP contribution in [-0.2, 0) is 6.18 Å². The highest BCUT2D eigenvalue weighted by Crippen LogP contribution is 2.30. The van der Waals surface area contributed by atoms with Gasteiger partial charge in [-0.05, 0) is 41.8 Å². The van der Waals surface area contributed by atoms with Crippen molar-refractivity contribution in [3.05, 3.63) is 71.5 Å². The van der Waals surface area contributed by atoms with Crippen molar-refractivity contribution < 1.29 is 22.7 Å². The number of hydrogen-bond donors (Lipinski definition) is 0. The molecule has 2 aromatic carbocycles. The number of alkyl halides is 3. The molecule has 122 valence electrons. The number of methoxy groups -OCH3 is 1. The Bertz CT molecular complexity index is 902. The van der Waals surface area contributed by atoms with Crippen LogP contribution in [0.15, 0.2) is 54.7 Å². The zero-order chi connectivity index (χ0) is 17.3. The average Bonchev–Trinajstić information content (AvgIpc) is 2.59. The van der Waals surface area contributed by atoms with Crippen molar-refractivity contribution in [1.82, 2.24) is 4.98 Å². The zero-order valence-electron chi connectivity index (χ0n) is 12.6. The molecule has 0 radical (unpaired) electrons. The van der Waals surface area contributed by atoms with E-state index in [4.69, 9.17) is 4.74 Å². The normalized spacial score (nSPS) is 11.5. The lowest BCUT2D eigenvalue weighted by atomic mass is 10.0. The van der Waals surface area contributed by atoms with E-state index in [1.54, 1.807) is 24.3 Å². The van der Waals surface area contributed by atoms with Crippen LogP contribution in [0.25, 0.3) is 10.8 Å². The highest BCUT2D eigenvalue weighted by atomic mass is 19.4. The summed E-state index contributed by atoms with van der Waals surface area (Å²) in [5, 5.41) is 1.38. The van der Waals surface area contributed by atoms with Crippen LogP contribution in [0.5, 0.6) is 5.75 Å². The third kappa shape index (κ3) is 2.95. The lowest BCUT2D eigenvalue weighted by Gasteiger charge is -2.09. The number of carbonyl (C=O) groups is 1. The number of hydrogen-bond acceptors (Lipinski definition) is 3. The number of halogens is 3. The number of carbonyl (C=O) groups excluding carboxylic acids is 1. The minimum absolute atomic E-state index is 0.152. The number of pyridine rings is 1. The van der Waals surface area contributed by atoms with Gasteiger partial charge < -0.3 is 4.74 Å². The fraction of sp³-hybridized carbons (Fsp3) is 0.111. The first-order valence-electron chi connectivity index (χ1n) is 7.05. The van der Waals surface area contributed by atoms with Gasteiger partial charge in [-0.15, -0.1) is 0 Å². The number of ether oxygens (including phenoxy) is 1. The summed E-state index contributed by atoms with van der Waals surface area (Å²) in [5.74, 6) is 0.209. The molecule has 0 aliphatic rings. The van der Waals surface area contributed by atoms with E-state index in [1.165, 1.54) is 13.3 Å². The molecular formula is C18H12F3NO2. The third-order valence-corrected chi connectivity index (χ3v) is 3.66. The highest BCUT2D eigenvalue weighted by molar-refractivity contribution is 6.15. The summed E-state index contributed by atoms with van der Waals surface area (Å²) < 4.78 is 43.0. The van der Waals surface area contributed by atoms with Gasteiger partial charge in [-0.3, -0.25) is 9.78 Å². The van der Waals surface area contributed by atoms with Crippen LogP contribution in [0.3, 0.4) is 0 Å². The van der Waals surface area contributed by atoms with Crippen LogP contribution in [0.1, 0.15) is 21.6 Å². The smallest absolute Gasteiger partial charge is 0.416 e. The molecule has 0 saturated carbocycles. The van der Waals surface area contributed by atoms with E-state index in [1.807, 2.05) is 0 Å². The molecule has 0 spiro atoms. The topological polar surface area (TPSA) is 39.2 Å². The number of ketones is 1. The quantitative estimate of drug-likeness (QED) is 0.664. The number of fused-ring (bicyclic) bond motifs is 1. The summed E-state index contributed by atoms with van der Waals surface area (Å²) in [6, 6.07) is 11.0. The molecule has 0 unspecified atom stereocenters. The second-order valence-corrected chi connectivity index (χ2v) is 5.15. The van der Waals surface area contributed by atoms with Gasteiger partial charge in [0.05, 0.1) is 12.7 Å². The van der Waals surface area contributed by atoms with E-state index in [-0.39, 0.29) is 11.3 Å². The molecule has 0 aliphatic heterocycles. The first-order valence-corrected chi connectivity index (χ1v) is 7.05. The molecule has 24 heavy (non-hydrogen) atoms. The summed E-state index contributed by atoms with van der Waals surface area (Å²) in [5.41, 5.74) is -0.455. The molecule has 0 aliphatic carbocycles. The Kier molecular flexibility index (Phi) is 3.97. The molecular weight excluding hydrogens is 319 g/mol. The van der Waals surface area contributed by atoms with Crippen LogP contribution >= 0.6 is 0 Å². The zero-order valence-corrected chi connectivity index (χ0v) is 12.6. The number of benzene rings is 2. The Hall–Kier alpha value is -2.89. The van der Waals surface area contributed by atoms with Crippen molar-refractivity contribution in [2.24, 2.45) is 0 Å². The monoisotopic (exact) mass is 331 g/mol. The lowest BCUT2D eigenvalue weighted by molar-refractivity contribution is -0.137. The molecule has 3 rings (SSSR count). The molecule has 3 nitrogen and oxygen atoms in total.